The fourth-order valence-corrected chi connectivity index (χ4v) is 2.21. The molecule has 0 saturated carbocycles. The molecular formula is C16H16O4. The molecule has 4 heteroatoms. The molecule has 0 radical (unpaired) electrons. The van der Waals surface area contributed by atoms with Crippen molar-refractivity contribution in [1.29, 1.82) is 0 Å². The third-order valence-electron chi connectivity index (χ3n) is 3.17. The van der Waals surface area contributed by atoms with Gasteiger partial charge in [0.2, 0.25) is 17.7 Å². The first-order valence-corrected chi connectivity index (χ1v) is 6.60. The first-order valence-electron chi connectivity index (χ1n) is 6.60. The standard InChI is InChI=1S/C16H16O4/c1-3-5-10-7-8-11-12(9-10)15(19)16(14(11)18)20-13(17)6-4-2/h3,7-9,16H,1,4-6H2,2H3. The molecule has 0 aromatic heterocycles. The summed E-state index contributed by atoms with van der Waals surface area (Å²) < 4.78 is 5.00. The minimum absolute atomic E-state index is 0.203. The van der Waals surface area contributed by atoms with Crippen LogP contribution < -0.4 is 0 Å². The number of esters is 1. The van der Waals surface area contributed by atoms with E-state index >= 15 is 0 Å². The lowest BCUT2D eigenvalue weighted by atomic mass is 10.0. The summed E-state index contributed by atoms with van der Waals surface area (Å²) in [6.45, 7) is 5.47. The number of rotatable bonds is 5. The van der Waals surface area contributed by atoms with Gasteiger partial charge in [0, 0.05) is 17.5 Å². The lowest BCUT2D eigenvalue weighted by Gasteiger charge is -2.08. The Morgan fingerprint density at radius 2 is 2.00 bits per heavy atom. The van der Waals surface area contributed by atoms with Crippen molar-refractivity contribution >= 4 is 17.5 Å². The number of allylic oxidation sites excluding steroid dienone is 1. The van der Waals surface area contributed by atoms with Crippen molar-refractivity contribution in [1.82, 2.24) is 0 Å². The van der Waals surface area contributed by atoms with Crippen LogP contribution in [0.4, 0.5) is 0 Å². The minimum atomic E-state index is -1.30. The van der Waals surface area contributed by atoms with Gasteiger partial charge < -0.3 is 4.74 Å². The van der Waals surface area contributed by atoms with Crippen LogP contribution in [-0.2, 0) is 16.0 Å². The number of fused-ring (bicyclic) bond motifs is 1. The van der Waals surface area contributed by atoms with E-state index in [0.717, 1.165) is 5.56 Å². The molecule has 0 aliphatic heterocycles. The van der Waals surface area contributed by atoms with E-state index < -0.39 is 23.6 Å². The molecule has 20 heavy (non-hydrogen) atoms. The van der Waals surface area contributed by atoms with E-state index in [4.69, 9.17) is 4.74 Å². The Morgan fingerprint density at radius 3 is 2.65 bits per heavy atom. The van der Waals surface area contributed by atoms with Gasteiger partial charge >= 0.3 is 5.97 Å². The zero-order valence-corrected chi connectivity index (χ0v) is 11.3. The van der Waals surface area contributed by atoms with Gasteiger partial charge in [0.1, 0.15) is 0 Å². The third-order valence-corrected chi connectivity index (χ3v) is 3.17. The average Bonchev–Trinajstić information content (AvgIpc) is 2.65. The van der Waals surface area contributed by atoms with Crippen molar-refractivity contribution in [3.05, 3.63) is 47.5 Å². The predicted molar refractivity (Wildman–Crippen MR) is 73.8 cm³/mol. The van der Waals surface area contributed by atoms with E-state index in [-0.39, 0.29) is 6.42 Å². The van der Waals surface area contributed by atoms with Gasteiger partial charge in [-0.15, -0.1) is 6.58 Å². The number of carbonyl (C=O) groups excluding carboxylic acids is 3. The number of benzene rings is 1. The lowest BCUT2D eigenvalue weighted by molar-refractivity contribution is -0.145. The van der Waals surface area contributed by atoms with Gasteiger partial charge in [0.15, 0.2) is 0 Å². The highest BCUT2D eigenvalue weighted by Crippen LogP contribution is 2.26. The number of Topliss-reactive ketones (excluding diaryl/α,β-unsaturated/α-hetero) is 2. The smallest absolute Gasteiger partial charge is 0.306 e. The highest BCUT2D eigenvalue weighted by Gasteiger charge is 2.41. The summed E-state index contributed by atoms with van der Waals surface area (Å²) in [7, 11) is 0. The summed E-state index contributed by atoms with van der Waals surface area (Å²) in [4.78, 5) is 35.7. The molecule has 0 N–H and O–H groups in total. The van der Waals surface area contributed by atoms with Crippen LogP contribution in [0.5, 0.6) is 0 Å². The van der Waals surface area contributed by atoms with Gasteiger partial charge in [0.05, 0.1) is 0 Å². The largest absolute Gasteiger partial charge is 0.445 e. The van der Waals surface area contributed by atoms with Gasteiger partial charge in [0.25, 0.3) is 0 Å². The van der Waals surface area contributed by atoms with Gasteiger partial charge in [-0.3, -0.25) is 14.4 Å². The van der Waals surface area contributed by atoms with E-state index in [1.165, 1.54) is 0 Å². The minimum Gasteiger partial charge on any atom is -0.445 e. The van der Waals surface area contributed by atoms with Crippen LogP contribution in [-0.4, -0.2) is 23.6 Å². The van der Waals surface area contributed by atoms with Crippen LogP contribution >= 0.6 is 0 Å². The Labute approximate surface area is 117 Å². The van der Waals surface area contributed by atoms with Crippen molar-refractivity contribution in [2.75, 3.05) is 0 Å². The number of hydrogen-bond acceptors (Lipinski definition) is 4. The summed E-state index contributed by atoms with van der Waals surface area (Å²) in [6, 6.07) is 5.06. The molecule has 1 unspecified atom stereocenters. The van der Waals surface area contributed by atoms with Crippen molar-refractivity contribution < 1.29 is 19.1 Å². The Morgan fingerprint density at radius 1 is 1.30 bits per heavy atom. The van der Waals surface area contributed by atoms with Crippen molar-refractivity contribution in [2.24, 2.45) is 0 Å². The molecule has 2 rings (SSSR count). The summed E-state index contributed by atoms with van der Waals surface area (Å²) in [5.74, 6) is -1.38. The molecule has 0 spiro atoms. The second kappa shape index (κ2) is 5.82. The van der Waals surface area contributed by atoms with Gasteiger partial charge in [-0.05, 0) is 24.5 Å². The molecule has 4 nitrogen and oxygen atoms in total. The van der Waals surface area contributed by atoms with Crippen LogP contribution in [0.2, 0.25) is 0 Å². The Balaban J connectivity index is 2.25. The number of ether oxygens (including phenoxy) is 1. The van der Waals surface area contributed by atoms with Crippen molar-refractivity contribution in [3.8, 4) is 0 Å². The monoisotopic (exact) mass is 272 g/mol. The third kappa shape index (κ3) is 2.54. The molecule has 0 heterocycles. The van der Waals surface area contributed by atoms with Crippen LogP contribution in [0, 0.1) is 0 Å². The molecule has 0 amide bonds. The summed E-state index contributed by atoms with van der Waals surface area (Å²) in [6.07, 6.45) is 1.86. The Hall–Kier alpha value is -2.23. The maximum absolute atomic E-state index is 12.2. The first-order chi connectivity index (χ1) is 9.58. The predicted octanol–water partition coefficient (Wildman–Crippen LogP) is 2.51. The highest BCUT2D eigenvalue weighted by atomic mass is 16.5. The molecule has 1 aliphatic rings. The molecule has 1 aromatic rings. The van der Waals surface area contributed by atoms with E-state index in [1.807, 2.05) is 6.92 Å². The zero-order valence-electron chi connectivity index (χ0n) is 11.3. The zero-order chi connectivity index (χ0) is 14.7. The van der Waals surface area contributed by atoms with E-state index in [0.29, 0.717) is 24.0 Å². The fraction of sp³-hybridized carbons (Fsp3) is 0.312. The quantitative estimate of drug-likeness (QED) is 0.469. The Kier molecular flexibility index (Phi) is 4.13. The SMILES string of the molecule is C=CCc1ccc2c(c1)C(=O)C(OC(=O)CCC)C2=O. The van der Waals surface area contributed by atoms with E-state index in [9.17, 15) is 14.4 Å². The molecule has 104 valence electrons. The normalized spacial score (nSPS) is 16.9. The average molecular weight is 272 g/mol. The first kappa shape index (κ1) is 14.2. The second-order valence-electron chi connectivity index (χ2n) is 4.72. The molecule has 1 aliphatic carbocycles. The molecular weight excluding hydrogens is 256 g/mol. The van der Waals surface area contributed by atoms with Gasteiger partial charge in [-0.25, -0.2) is 0 Å². The van der Waals surface area contributed by atoms with Gasteiger partial charge in [-0.1, -0.05) is 25.1 Å². The van der Waals surface area contributed by atoms with Crippen molar-refractivity contribution in [3.63, 3.8) is 0 Å². The van der Waals surface area contributed by atoms with Crippen LogP contribution in [0.3, 0.4) is 0 Å². The maximum atomic E-state index is 12.2. The number of carbonyl (C=O) groups is 3. The summed E-state index contributed by atoms with van der Waals surface area (Å²) in [5.41, 5.74) is 1.57. The number of ketones is 2. The van der Waals surface area contributed by atoms with Crippen LogP contribution in [0.1, 0.15) is 46.0 Å². The topological polar surface area (TPSA) is 60.4 Å². The molecule has 1 aromatic carbocycles. The highest BCUT2D eigenvalue weighted by molar-refractivity contribution is 6.29. The van der Waals surface area contributed by atoms with Gasteiger partial charge in [-0.2, -0.15) is 0 Å². The fourth-order valence-electron chi connectivity index (χ4n) is 2.21. The molecule has 0 fully saturated rings. The van der Waals surface area contributed by atoms with Crippen molar-refractivity contribution in [2.45, 2.75) is 32.3 Å². The number of hydrogen-bond donors (Lipinski definition) is 0. The van der Waals surface area contributed by atoms with E-state index in [1.54, 1.807) is 24.3 Å². The molecule has 0 saturated heterocycles. The maximum Gasteiger partial charge on any atom is 0.306 e. The molecule has 1 atom stereocenters. The summed E-state index contributed by atoms with van der Waals surface area (Å²) >= 11 is 0. The lowest BCUT2D eigenvalue weighted by Crippen LogP contribution is -2.28. The van der Waals surface area contributed by atoms with Crippen LogP contribution in [0.25, 0.3) is 0 Å². The second-order valence-corrected chi connectivity index (χ2v) is 4.72. The summed E-state index contributed by atoms with van der Waals surface area (Å²) in [5, 5.41) is 0. The van der Waals surface area contributed by atoms with E-state index in [2.05, 4.69) is 6.58 Å². The van der Waals surface area contributed by atoms with Crippen LogP contribution in [0.15, 0.2) is 30.9 Å². The Bertz CT molecular complexity index is 586. The molecule has 0 bridgehead atoms.